The molecule has 27 heavy (non-hydrogen) atoms. The van der Waals surface area contributed by atoms with Gasteiger partial charge in [-0.15, -0.1) is 0 Å². The first-order valence-corrected chi connectivity index (χ1v) is 9.05. The van der Waals surface area contributed by atoms with Gasteiger partial charge in [0.25, 0.3) is 5.91 Å². The largest absolute Gasteiger partial charge is 0.479 e. The minimum absolute atomic E-state index is 0.0930. The third kappa shape index (κ3) is 4.13. The molecule has 1 heterocycles. The first-order chi connectivity index (χ1) is 12.6. The Kier molecular flexibility index (Phi) is 4.99. The number of rotatable bonds is 5. The maximum Gasteiger partial charge on any atom is 0.330 e. The molecule has 2 N–H and O–H groups in total. The SMILES string of the molecule is CC(C)(C)n1nc(C(=O)NC(C(=O)O)c2ccc(Cl)c(F)c2)cc1C1CC1. The van der Waals surface area contributed by atoms with E-state index in [4.69, 9.17) is 11.6 Å². The Hall–Kier alpha value is -2.41. The third-order valence-corrected chi connectivity index (χ3v) is 4.71. The van der Waals surface area contributed by atoms with Crippen LogP contribution in [0.4, 0.5) is 4.39 Å². The summed E-state index contributed by atoms with van der Waals surface area (Å²) in [6.07, 6.45) is 2.09. The highest BCUT2D eigenvalue weighted by atomic mass is 35.5. The lowest BCUT2D eigenvalue weighted by Gasteiger charge is -2.22. The van der Waals surface area contributed by atoms with Gasteiger partial charge in [-0.2, -0.15) is 5.10 Å². The Morgan fingerprint density at radius 1 is 1.33 bits per heavy atom. The summed E-state index contributed by atoms with van der Waals surface area (Å²) in [5, 5.41) is 16.2. The fraction of sp³-hybridized carbons (Fsp3) is 0.421. The fourth-order valence-electron chi connectivity index (χ4n) is 2.90. The highest BCUT2D eigenvalue weighted by molar-refractivity contribution is 6.30. The average Bonchev–Trinajstić information content (AvgIpc) is 3.31. The van der Waals surface area contributed by atoms with Gasteiger partial charge in [0.05, 0.1) is 10.6 Å². The maximum atomic E-state index is 13.7. The second-order valence-corrected chi connectivity index (χ2v) is 8.14. The van der Waals surface area contributed by atoms with Crippen LogP contribution in [0.3, 0.4) is 0 Å². The van der Waals surface area contributed by atoms with Gasteiger partial charge in [0.15, 0.2) is 11.7 Å². The summed E-state index contributed by atoms with van der Waals surface area (Å²) < 4.78 is 15.5. The molecule has 0 radical (unpaired) electrons. The van der Waals surface area contributed by atoms with Gasteiger partial charge in [-0.3, -0.25) is 9.48 Å². The molecule has 2 aromatic rings. The van der Waals surface area contributed by atoms with E-state index in [1.807, 2.05) is 25.5 Å². The number of carbonyl (C=O) groups is 2. The highest BCUT2D eigenvalue weighted by Gasteiger charge is 2.33. The predicted molar refractivity (Wildman–Crippen MR) is 98.5 cm³/mol. The second-order valence-electron chi connectivity index (χ2n) is 7.73. The molecule has 0 aliphatic heterocycles. The van der Waals surface area contributed by atoms with Crippen LogP contribution in [0, 0.1) is 5.82 Å². The minimum Gasteiger partial charge on any atom is -0.479 e. The van der Waals surface area contributed by atoms with Crippen molar-refractivity contribution in [2.75, 3.05) is 0 Å². The summed E-state index contributed by atoms with van der Waals surface area (Å²) in [5.74, 6) is -2.30. The van der Waals surface area contributed by atoms with E-state index in [-0.39, 0.29) is 21.8 Å². The molecule has 0 bridgehead atoms. The van der Waals surface area contributed by atoms with Crippen molar-refractivity contribution in [1.82, 2.24) is 15.1 Å². The third-order valence-electron chi connectivity index (χ3n) is 4.40. The van der Waals surface area contributed by atoms with E-state index in [0.717, 1.165) is 24.6 Å². The van der Waals surface area contributed by atoms with E-state index in [1.165, 1.54) is 12.1 Å². The number of aliphatic carboxylic acids is 1. The van der Waals surface area contributed by atoms with Gasteiger partial charge in [-0.1, -0.05) is 17.7 Å². The summed E-state index contributed by atoms with van der Waals surface area (Å²) in [6, 6.07) is 3.93. The highest BCUT2D eigenvalue weighted by Crippen LogP contribution is 2.41. The van der Waals surface area contributed by atoms with Crippen LogP contribution in [0.5, 0.6) is 0 Å². The molecule has 1 saturated carbocycles. The lowest BCUT2D eigenvalue weighted by Crippen LogP contribution is -2.34. The Morgan fingerprint density at radius 3 is 2.52 bits per heavy atom. The van der Waals surface area contributed by atoms with Gasteiger partial charge in [0.1, 0.15) is 5.82 Å². The summed E-state index contributed by atoms with van der Waals surface area (Å²) in [5.41, 5.74) is 0.905. The van der Waals surface area contributed by atoms with Crippen LogP contribution in [0.2, 0.25) is 5.02 Å². The zero-order valence-corrected chi connectivity index (χ0v) is 16.0. The number of hydrogen-bond donors (Lipinski definition) is 2. The molecule has 1 aromatic heterocycles. The van der Waals surface area contributed by atoms with E-state index in [9.17, 15) is 19.1 Å². The topological polar surface area (TPSA) is 84.2 Å². The van der Waals surface area contributed by atoms with Gasteiger partial charge < -0.3 is 10.4 Å². The molecule has 144 valence electrons. The second kappa shape index (κ2) is 6.96. The lowest BCUT2D eigenvalue weighted by atomic mass is 10.1. The van der Waals surface area contributed by atoms with Crippen molar-refractivity contribution < 1.29 is 19.1 Å². The quantitative estimate of drug-likeness (QED) is 0.807. The van der Waals surface area contributed by atoms with Crippen molar-refractivity contribution in [2.24, 2.45) is 0 Å². The van der Waals surface area contributed by atoms with Crippen LogP contribution in [0.1, 0.15) is 67.3 Å². The molecule has 0 saturated heterocycles. The molecule has 0 spiro atoms. The van der Waals surface area contributed by atoms with Crippen LogP contribution < -0.4 is 5.32 Å². The molecule has 1 aromatic carbocycles. The minimum atomic E-state index is -1.41. The summed E-state index contributed by atoms with van der Waals surface area (Å²) in [7, 11) is 0. The molecule has 6 nitrogen and oxygen atoms in total. The van der Waals surface area contributed by atoms with Crippen LogP contribution >= 0.6 is 11.6 Å². The van der Waals surface area contributed by atoms with Crippen molar-refractivity contribution in [3.63, 3.8) is 0 Å². The number of carboxylic acid groups (broad SMARTS) is 1. The number of amides is 1. The zero-order chi connectivity index (χ0) is 19.9. The van der Waals surface area contributed by atoms with Gasteiger partial charge in [-0.05, 0) is 57.4 Å². The Bertz CT molecular complexity index is 900. The molecule has 3 rings (SSSR count). The van der Waals surface area contributed by atoms with Gasteiger partial charge in [-0.25, -0.2) is 9.18 Å². The number of carbonyl (C=O) groups excluding carboxylic acids is 1. The smallest absolute Gasteiger partial charge is 0.330 e. The summed E-state index contributed by atoms with van der Waals surface area (Å²) >= 11 is 5.64. The van der Waals surface area contributed by atoms with E-state index < -0.39 is 23.7 Å². The molecule has 1 fully saturated rings. The maximum absolute atomic E-state index is 13.7. The molecule has 1 atom stereocenters. The number of halogens is 2. The number of nitrogens with one attached hydrogen (secondary N) is 1. The van der Waals surface area contributed by atoms with Crippen LogP contribution in [-0.4, -0.2) is 26.8 Å². The van der Waals surface area contributed by atoms with Gasteiger partial charge in [0, 0.05) is 11.6 Å². The first-order valence-electron chi connectivity index (χ1n) is 8.67. The van der Waals surface area contributed by atoms with Crippen LogP contribution in [-0.2, 0) is 10.3 Å². The van der Waals surface area contributed by atoms with Crippen LogP contribution in [0.15, 0.2) is 24.3 Å². The van der Waals surface area contributed by atoms with E-state index in [1.54, 1.807) is 6.07 Å². The average molecular weight is 394 g/mol. The summed E-state index contributed by atoms with van der Waals surface area (Å²) in [6.45, 7) is 5.97. The van der Waals surface area contributed by atoms with Crippen molar-refractivity contribution >= 4 is 23.5 Å². The monoisotopic (exact) mass is 393 g/mol. The number of nitrogens with zero attached hydrogens (tertiary/aromatic N) is 2. The summed E-state index contributed by atoms with van der Waals surface area (Å²) in [4.78, 5) is 24.3. The Morgan fingerprint density at radius 2 is 2.00 bits per heavy atom. The van der Waals surface area contributed by atoms with Crippen molar-refractivity contribution in [2.45, 2.75) is 51.1 Å². The molecule has 1 amide bonds. The number of carboxylic acids is 1. The van der Waals surface area contributed by atoms with E-state index in [0.29, 0.717) is 5.92 Å². The van der Waals surface area contributed by atoms with Gasteiger partial charge >= 0.3 is 5.97 Å². The van der Waals surface area contributed by atoms with Crippen molar-refractivity contribution in [3.8, 4) is 0 Å². The molecule has 1 aliphatic rings. The molecule has 1 aliphatic carbocycles. The Balaban J connectivity index is 1.88. The Labute approximate surface area is 161 Å². The number of aromatic nitrogens is 2. The molecule has 1 unspecified atom stereocenters. The van der Waals surface area contributed by atoms with Crippen LogP contribution in [0.25, 0.3) is 0 Å². The number of hydrogen-bond acceptors (Lipinski definition) is 3. The van der Waals surface area contributed by atoms with Gasteiger partial charge in [0.2, 0.25) is 0 Å². The molecule has 8 heteroatoms. The lowest BCUT2D eigenvalue weighted by molar-refractivity contribution is -0.139. The first kappa shape index (κ1) is 19.4. The van der Waals surface area contributed by atoms with Crippen molar-refractivity contribution in [1.29, 1.82) is 0 Å². The predicted octanol–water partition coefficient (Wildman–Crippen LogP) is 3.86. The normalized spacial score (nSPS) is 15.4. The standard InChI is InChI=1S/C19H21ClFN3O3/c1-19(2,3)24-15(10-4-5-10)9-14(23-24)17(25)22-16(18(26)27)11-6-7-12(20)13(21)8-11/h6-10,16H,4-5H2,1-3H3,(H,22,25)(H,26,27). The van der Waals surface area contributed by atoms with Crippen molar-refractivity contribution in [3.05, 3.63) is 52.1 Å². The zero-order valence-electron chi connectivity index (χ0n) is 15.3. The molecular weight excluding hydrogens is 373 g/mol. The number of benzene rings is 1. The van der Waals surface area contributed by atoms with E-state index >= 15 is 0 Å². The molecular formula is C19H21ClFN3O3. The van der Waals surface area contributed by atoms with E-state index in [2.05, 4.69) is 10.4 Å². The fourth-order valence-corrected chi connectivity index (χ4v) is 3.02.